The fraction of sp³-hybridized carbons (Fsp3) is 0.130. The zero-order valence-electron chi connectivity index (χ0n) is 16.9. The summed E-state index contributed by atoms with van der Waals surface area (Å²) >= 11 is 8.02. The highest BCUT2D eigenvalue weighted by Gasteiger charge is 2.40. The van der Waals surface area contributed by atoms with E-state index in [1.165, 1.54) is 11.3 Å². The maximum Gasteiger partial charge on any atom is 0.264 e. The van der Waals surface area contributed by atoms with Gasteiger partial charge in [-0.3, -0.25) is 4.79 Å². The lowest BCUT2D eigenvalue weighted by Gasteiger charge is -2.37. The molecule has 0 aliphatic carbocycles. The van der Waals surface area contributed by atoms with Gasteiger partial charge in [-0.2, -0.15) is 5.26 Å². The zero-order valence-corrected chi connectivity index (χ0v) is 20.9. The first kappa shape index (κ1) is 21.8. The summed E-state index contributed by atoms with van der Waals surface area (Å²) in [5.74, 6) is 0.954. The summed E-state index contributed by atoms with van der Waals surface area (Å²) in [5, 5.41) is 11.7. The van der Waals surface area contributed by atoms with Crippen LogP contribution in [0.5, 0.6) is 0 Å². The first-order valence-electron chi connectivity index (χ1n) is 9.79. The third-order valence-corrected chi connectivity index (χ3v) is 7.06. The number of thiophene rings is 1. The Morgan fingerprint density at radius 1 is 1.18 bits per heavy atom. The molecule has 0 spiro atoms. The number of halogens is 2. The van der Waals surface area contributed by atoms with E-state index in [2.05, 4.69) is 37.9 Å². The summed E-state index contributed by atoms with van der Waals surface area (Å²) in [5.41, 5.74) is 7.84. The summed E-state index contributed by atoms with van der Waals surface area (Å²) in [7, 11) is 0. The van der Waals surface area contributed by atoms with Gasteiger partial charge in [0, 0.05) is 17.7 Å². The lowest BCUT2D eigenvalue weighted by atomic mass is 9.83. The van der Waals surface area contributed by atoms with Gasteiger partial charge < -0.3 is 24.2 Å². The van der Waals surface area contributed by atoms with Gasteiger partial charge in [0.1, 0.15) is 28.9 Å². The van der Waals surface area contributed by atoms with Gasteiger partial charge >= 0.3 is 0 Å². The molecule has 0 radical (unpaired) electrons. The number of carbonyl (C=O) groups is 1. The molecule has 0 bridgehead atoms. The highest BCUT2D eigenvalue weighted by molar-refractivity contribution is 9.10. The second kappa shape index (κ2) is 8.74. The van der Waals surface area contributed by atoms with Crippen molar-refractivity contribution in [2.75, 3.05) is 13.1 Å². The molecule has 0 fully saturated rings. The van der Waals surface area contributed by atoms with Crippen molar-refractivity contribution in [3.63, 3.8) is 0 Å². The van der Waals surface area contributed by atoms with Gasteiger partial charge in [-0.05, 0) is 73.6 Å². The standard InChI is InChI=1S/C23H15Br2N3O4S/c24-18-5-3-13(30-18)8-12-10-28(23(29)17-2-1-7-33-17)11-15-20(16-4-6-19(25)31-16)14(9-26)22(27)32-21(12)15/h1-8,20H,10-11,27H2/b12-8+. The predicted octanol–water partition coefficient (Wildman–Crippen LogP) is 5.76. The molecular formula is C23H15Br2N3O4S. The van der Waals surface area contributed by atoms with Crippen LogP contribution in [0.15, 0.2) is 88.3 Å². The average Bonchev–Trinajstić information content (AvgIpc) is 3.55. The Kier molecular flexibility index (Phi) is 5.78. The highest BCUT2D eigenvalue weighted by atomic mass is 79.9. The van der Waals surface area contributed by atoms with Crippen LogP contribution in [-0.4, -0.2) is 23.9 Å². The second-order valence-electron chi connectivity index (χ2n) is 7.37. The molecule has 1 atom stereocenters. The van der Waals surface area contributed by atoms with Crippen LogP contribution < -0.4 is 5.73 Å². The van der Waals surface area contributed by atoms with Gasteiger partial charge in [0.05, 0.1) is 17.3 Å². The molecule has 2 aliphatic heterocycles. The molecular weight excluding hydrogens is 574 g/mol. The summed E-state index contributed by atoms with van der Waals surface area (Å²) in [6.07, 6.45) is 1.81. The normalized spacial score (nSPS) is 19.5. The molecule has 2 N–H and O–H groups in total. The van der Waals surface area contributed by atoms with Crippen LogP contribution in [0.2, 0.25) is 0 Å². The number of nitrogens with two attached hydrogens (primary N) is 1. The van der Waals surface area contributed by atoms with E-state index < -0.39 is 5.92 Å². The van der Waals surface area contributed by atoms with Crippen molar-refractivity contribution < 1.29 is 18.4 Å². The number of carbonyl (C=O) groups excluding carboxylic acids is 1. The van der Waals surface area contributed by atoms with Crippen molar-refractivity contribution in [3.8, 4) is 6.07 Å². The Bertz CT molecular complexity index is 1370. The van der Waals surface area contributed by atoms with E-state index in [4.69, 9.17) is 19.3 Å². The fourth-order valence-corrected chi connectivity index (χ4v) is 5.29. The molecule has 0 saturated carbocycles. The van der Waals surface area contributed by atoms with Crippen molar-refractivity contribution >= 4 is 55.2 Å². The molecule has 0 aromatic carbocycles. The van der Waals surface area contributed by atoms with E-state index >= 15 is 0 Å². The molecule has 3 aromatic heterocycles. The van der Waals surface area contributed by atoms with Crippen LogP contribution in [0.3, 0.4) is 0 Å². The quantitative estimate of drug-likeness (QED) is 0.417. The largest absolute Gasteiger partial charge is 0.453 e. The van der Waals surface area contributed by atoms with Crippen molar-refractivity contribution in [1.29, 1.82) is 5.26 Å². The minimum absolute atomic E-state index is 0.0123. The number of amides is 1. The van der Waals surface area contributed by atoms with Crippen molar-refractivity contribution in [2.45, 2.75) is 5.92 Å². The Morgan fingerprint density at radius 2 is 1.97 bits per heavy atom. The summed E-state index contributed by atoms with van der Waals surface area (Å²) in [6.45, 7) is 0.546. The van der Waals surface area contributed by atoms with Gasteiger partial charge in [0.2, 0.25) is 5.88 Å². The second-order valence-corrected chi connectivity index (χ2v) is 9.88. The van der Waals surface area contributed by atoms with Gasteiger partial charge in [0.25, 0.3) is 5.91 Å². The Hall–Kier alpha value is -3.00. The smallest absolute Gasteiger partial charge is 0.264 e. The molecule has 3 aromatic rings. The SMILES string of the molecule is N#CC1=C(N)OC2=C(CN(C(=O)c3cccs3)C/C2=C\c2ccc(Br)o2)C1c1ccc(Br)o1. The number of ether oxygens (including phenoxy) is 1. The van der Waals surface area contributed by atoms with E-state index in [1.807, 2.05) is 17.5 Å². The van der Waals surface area contributed by atoms with Crippen LogP contribution >= 0.6 is 43.2 Å². The lowest BCUT2D eigenvalue weighted by molar-refractivity contribution is 0.0771. The van der Waals surface area contributed by atoms with Gasteiger partial charge in [-0.25, -0.2) is 0 Å². The van der Waals surface area contributed by atoms with Gasteiger partial charge in [-0.15, -0.1) is 11.3 Å². The van der Waals surface area contributed by atoms with Crippen molar-refractivity contribution in [3.05, 3.63) is 95.9 Å². The number of nitrogens with zero attached hydrogens (tertiary/aromatic N) is 2. The molecule has 1 amide bonds. The van der Waals surface area contributed by atoms with Crippen molar-refractivity contribution in [2.24, 2.45) is 5.73 Å². The first-order chi connectivity index (χ1) is 15.9. The maximum absolute atomic E-state index is 13.3. The topological polar surface area (TPSA) is 106 Å². The summed E-state index contributed by atoms with van der Waals surface area (Å²) in [6, 6.07) is 12.9. The molecule has 1 unspecified atom stereocenters. The minimum Gasteiger partial charge on any atom is -0.453 e. The van der Waals surface area contributed by atoms with E-state index in [1.54, 1.807) is 35.2 Å². The molecule has 7 nitrogen and oxygen atoms in total. The number of hydrogen-bond donors (Lipinski definition) is 1. The molecule has 5 rings (SSSR count). The molecule has 5 heterocycles. The van der Waals surface area contributed by atoms with Crippen LogP contribution in [0.1, 0.15) is 27.1 Å². The highest BCUT2D eigenvalue weighted by Crippen LogP contribution is 2.45. The molecule has 10 heteroatoms. The average molecular weight is 589 g/mol. The monoisotopic (exact) mass is 587 g/mol. The van der Waals surface area contributed by atoms with Crippen molar-refractivity contribution in [1.82, 2.24) is 4.90 Å². The van der Waals surface area contributed by atoms with Gasteiger partial charge in [-0.1, -0.05) is 6.07 Å². The number of rotatable bonds is 3. The lowest BCUT2D eigenvalue weighted by Crippen LogP contribution is -2.41. The molecule has 166 valence electrons. The first-order valence-corrected chi connectivity index (χ1v) is 12.3. The number of nitriles is 1. The van der Waals surface area contributed by atoms with E-state index in [-0.39, 0.29) is 30.5 Å². The summed E-state index contributed by atoms with van der Waals surface area (Å²) in [4.78, 5) is 15.6. The number of furan rings is 2. The van der Waals surface area contributed by atoms with Crippen LogP contribution in [0, 0.1) is 11.3 Å². The Balaban J connectivity index is 1.66. The molecule has 2 aliphatic rings. The van der Waals surface area contributed by atoms with Crippen LogP contribution in [0.4, 0.5) is 0 Å². The van der Waals surface area contributed by atoms with Gasteiger partial charge in [0.15, 0.2) is 9.34 Å². The number of hydrogen-bond acceptors (Lipinski definition) is 7. The third-order valence-electron chi connectivity index (χ3n) is 5.35. The van der Waals surface area contributed by atoms with E-state index in [0.29, 0.717) is 37.1 Å². The Labute approximate surface area is 209 Å². The maximum atomic E-state index is 13.3. The van der Waals surface area contributed by atoms with Crippen LogP contribution in [-0.2, 0) is 4.74 Å². The van der Waals surface area contributed by atoms with E-state index in [9.17, 15) is 10.1 Å². The third kappa shape index (κ3) is 4.08. The minimum atomic E-state index is -0.587. The van der Waals surface area contributed by atoms with Crippen LogP contribution in [0.25, 0.3) is 6.08 Å². The molecule has 33 heavy (non-hydrogen) atoms. The zero-order chi connectivity index (χ0) is 23.1. The summed E-state index contributed by atoms with van der Waals surface area (Å²) < 4.78 is 18.6. The molecule has 0 saturated heterocycles. The number of allylic oxidation sites excluding steroid dienone is 1. The predicted molar refractivity (Wildman–Crippen MR) is 129 cm³/mol. The van der Waals surface area contributed by atoms with E-state index in [0.717, 1.165) is 5.57 Å². The Morgan fingerprint density at radius 3 is 2.61 bits per heavy atom. The fourth-order valence-electron chi connectivity index (χ4n) is 3.96.